The third-order valence-electron chi connectivity index (χ3n) is 11.5. The molecule has 318 valence electrons. The molecule has 3 heterocycles. The second kappa shape index (κ2) is 20.9. The van der Waals surface area contributed by atoms with Crippen LogP contribution < -0.4 is 33.4 Å². The van der Waals surface area contributed by atoms with Crippen molar-refractivity contribution in [3.8, 4) is 0 Å². The van der Waals surface area contributed by atoms with E-state index in [0.717, 1.165) is 27.0 Å². The number of nitrogens with one attached hydrogen (secondary N) is 4. The van der Waals surface area contributed by atoms with Crippen LogP contribution in [0.2, 0.25) is 0 Å². The van der Waals surface area contributed by atoms with Crippen LogP contribution in [0.3, 0.4) is 0 Å². The van der Waals surface area contributed by atoms with E-state index in [-0.39, 0.29) is 38.1 Å². The Labute approximate surface area is 344 Å². The van der Waals surface area contributed by atoms with E-state index in [1.807, 2.05) is 74.6 Å². The molecular formula is C42H59N11O6. The van der Waals surface area contributed by atoms with Crippen molar-refractivity contribution in [2.24, 2.45) is 28.3 Å². The van der Waals surface area contributed by atoms with Gasteiger partial charge in [0, 0.05) is 43.3 Å². The number of para-hydroxylation sites is 1. The lowest BCUT2D eigenvalue weighted by molar-refractivity contribution is -0.149. The van der Waals surface area contributed by atoms with E-state index in [1.54, 1.807) is 6.21 Å². The van der Waals surface area contributed by atoms with Crippen molar-refractivity contribution in [3.63, 3.8) is 0 Å². The highest BCUT2D eigenvalue weighted by molar-refractivity contribution is 5.97. The normalized spacial score (nSPS) is 19.0. The number of benzene rings is 2. The molecule has 3 aromatic rings. The van der Waals surface area contributed by atoms with E-state index < -0.39 is 71.7 Å². The summed E-state index contributed by atoms with van der Waals surface area (Å²) in [5, 5.41) is 12.1. The van der Waals surface area contributed by atoms with E-state index in [2.05, 4.69) is 26.1 Å². The van der Waals surface area contributed by atoms with E-state index in [1.165, 1.54) is 16.8 Å². The van der Waals surface area contributed by atoms with Gasteiger partial charge >= 0.3 is 0 Å². The van der Waals surface area contributed by atoms with Gasteiger partial charge in [-0.25, -0.2) is 10.9 Å². The number of carbonyl (C=O) groups excluding carboxylic acids is 6. The number of aromatic nitrogens is 1. The van der Waals surface area contributed by atoms with Gasteiger partial charge in [-0.15, -0.1) is 0 Å². The van der Waals surface area contributed by atoms with Crippen LogP contribution in [0.5, 0.6) is 0 Å². The highest BCUT2D eigenvalue weighted by Gasteiger charge is 2.42. The van der Waals surface area contributed by atoms with Crippen molar-refractivity contribution in [1.29, 1.82) is 0 Å². The molecule has 1 fully saturated rings. The predicted molar refractivity (Wildman–Crippen MR) is 224 cm³/mol. The van der Waals surface area contributed by atoms with Crippen LogP contribution in [-0.4, -0.2) is 118 Å². The second-order valence-corrected chi connectivity index (χ2v) is 15.5. The Hall–Kier alpha value is -5.65. The fourth-order valence-corrected chi connectivity index (χ4v) is 7.81. The van der Waals surface area contributed by atoms with E-state index in [4.69, 9.17) is 17.3 Å². The fourth-order valence-electron chi connectivity index (χ4n) is 7.81. The lowest BCUT2D eigenvalue weighted by Crippen LogP contribution is -2.61. The maximum absolute atomic E-state index is 14.4. The minimum absolute atomic E-state index is 0.153. The molecule has 1 aromatic heterocycles. The smallest absolute Gasteiger partial charge is 0.266 e. The molecule has 7 atom stereocenters. The Bertz CT molecular complexity index is 1970. The van der Waals surface area contributed by atoms with Crippen LogP contribution in [0.1, 0.15) is 69.9 Å². The quantitative estimate of drug-likeness (QED) is 0.0545. The monoisotopic (exact) mass is 813 g/mol. The number of nitrogens with two attached hydrogens (primary N) is 3. The van der Waals surface area contributed by atoms with Crippen LogP contribution >= 0.6 is 0 Å². The molecule has 2 aliphatic heterocycles. The standard InChI is InChI=1S/C42H59N11O6/c1-4-26(2)36(49-37(54)30(44)24-28-25-46-31-16-9-8-15-29(28)31)42(59)53-34(18-11-21-47-53)38(55)48-32(17-10-20-43)40(57)51(3)35(23-27-13-6-5-7-14-27)41(58)52-22-12-19-33(52)39(56)50-45/h5-9,13-16,21,25-26,30,32-36,46H,4,10-12,17-20,22-24,43-45H2,1-3H3,(H,48,55)(H,49,54)(H,50,56)/t26?,30-,32+,33+,34-,35-,36+/m1/s1. The Morgan fingerprint density at radius 2 is 1.68 bits per heavy atom. The van der Waals surface area contributed by atoms with Crippen molar-refractivity contribution in [2.45, 2.75) is 108 Å². The summed E-state index contributed by atoms with van der Waals surface area (Å²) in [7, 11) is 1.51. The Kier molecular flexibility index (Phi) is 15.7. The molecule has 0 spiro atoms. The van der Waals surface area contributed by atoms with Crippen LogP contribution in [0.4, 0.5) is 0 Å². The van der Waals surface area contributed by atoms with Gasteiger partial charge in [-0.2, -0.15) is 5.10 Å². The molecule has 0 bridgehead atoms. The van der Waals surface area contributed by atoms with E-state index in [9.17, 15) is 28.8 Å². The SMILES string of the molecule is CCC(C)[C@H](NC(=O)[C@H](N)Cc1c[nH]c2ccccc12)C(=O)N1N=CCC[C@@H]1C(=O)N[C@@H](CCCN)C(=O)N(C)[C@H](Cc1ccccc1)C(=O)N1CCC[C@H]1C(=O)NN. The van der Waals surface area contributed by atoms with Crippen molar-refractivity contribution in [2.75, 3.05) is 20.1 Å². The summed E-state index contributed by atoms with van der Waals surface area (Å²) in [6, 6.07) is 10.9. The molecule has 17 nitrogen and oxygen atoms in total. The molecular weight excluding hydrogens is 755 g/mol. The average molecular weight is 814 g/mol. The van der Waals surface area contributed by atoms with Crippen LogP contribution in [-0.2, 0) is 41.6 Å². The summed E-state index contributed by atoms with van der Waals surface area (Å²) in [4.78, 5) is 89.4. The number of likely N-dealkylation sites (N-methyl/N-ethyl adjacent to an activating group) is 1. The number of likely N-dealkylation sites (tertiary alicyclic amines) is 1. The molecule has 5 rings (SSSR count). The van der Waals surface area contributed by atoms with Gasteiger partial charge in [-0.1, -0.05) is 68.8 Å². The third-order valence-corrected chi connectivity index (χ3v) is 11.5. The van der Waals surface area contributed by atoms with Gasteiger partial charge < -0.3 is 36.9 Å². The Morgan fingerprint density at radius 3 is 2.39 bits per heavy atom. The lowest BCUT2D eigenvalue weighted by Gasteiger charge is -2.36. The van der Waals surface area contributed by atoms with Gasteiger partial charge in [-0.3, -0.25) is 34.2 Å². The number of amides is 6. The van der Waals surface area contributed by atoms with Crippen molar-refractivity contribution in [3.05, 3.63) is 71.9 Å². The van der Waals surface area contributed by atoms with Crippen molar-refractivity contribution >= 4 is 52.6 Å². The number of fused-ring (bicyclic) bond motifs is 1. The number of hydrazine groups is 1. The molecule has 6 amide bonds. The molecule has 0 aliphatic carbocycles. The summed E-state index contributed by atoms with van der Waals surface area (Å²) >= 11 is 0. The Morgan fingerprint density at radius 1 is 0.949 bits per heavy atom. The number of hydrogen-bond acceptors (Lipinski definition) is 10. The summed E-state index contributed by atoms with van der Waals surface area (Å²) in [5.74, 6) is 1.94. The average Bonchev–Trinajstić information content (AvgIpc) is 3.93. The molecule has 0 saturated carbocycles. The maximum Gasteiger partial charge on any atom is 0.266 e. The second-order valence-electron chi connectivity index (χ2n) is 15.5. The van der Waals surface area contributed by atoms with Gasteiger partial charge in [0.15, 0.2) is 0 Å². The summed E-state index contributed by atoms with van der Waals surface area (Å²) < 4.78 is 0. The molecule has 17 heteroatoms. The number of aromatic amines is 1. The molecule has 2 aromatic carbocycles. The lowest BCUT2D eigenvalue weighted by atomic mass is 9.96. The minimum Gasteiger partial charge on any atom is -0.361 e. The van der Waals surface area contributed by atoms with E-state index >= 15 is 0 Å². The number of hydrazone groups is 1. The Balaban J connectivity index is 1.33. The van der Waals surface area contributed by atoms with Gasteiger partial charge in [0.25, 0.3) is 11.8 Å². The summed E-state index contributed by atoms with van der Waals surface area (Å²) in [5.41, 5.74) is 17.0. The first-order valence-electron chi connectivity index (χ1n) is 20.5. The minimum atomic E-state index is -1.11. The zero-order valence-electron chi connectivity index (χ0n) is 34.1. The molecule has 0 radical (unpaired) electrons. The van der Waals surface area contributed by atoms with Crippen LogP contribution in [0, 0.1) is 5.92 Å². The zero-order valence-corrected chi connectivity index (χ0v) is 34.1. The molecule has 2 aliphatic rings. The summed E-state index contributed by atoms with van der Waals surface area (Å²) in [6.45, 7) is 4.27. The van der Waals surface area contributed by atoms with E-state index in [0.29, 0.717) is 38.6 Å². The number of nitrogens with zero attached hydrogens (tertiary/aromatic N) is 4. The van der Waals surface area contributed by atoms with Gasteiger partial charge in [0.2, 0.25) is 23.6 Å². The summed E-state index contributed by atoms with van der Waals surface area (Å²) in [6.07, 6.45) is 6.43. The first-order chi connectivity index (χ1) is 28.4. The first kappa shape index (κ1) is 44.5. The van der Waals surface area contributed by atoms with Gasteiger partial charge in [0.05, 0.1) is 6.04 Å². The third kappa shape index (κ3) is 10.7. The highest BCUT2D eigenvalue weighted by Crippen LogP contribution is 2.24. The number of H-pyrrole nitrogens is 1. The van der Waals surface area contributed by atoms with Crippen molar-refractivity contribution in [1.82, 2.24) is 35.9 Å². The fraction of sp³-hybridized carbons (Fsp3) is 0.500. The molecule has 1 unspecified atom stereocenters. The zero-order chi connectivity index (χ0) is 42.6. The van der Waals surface area contributed by atoms with Crippen LogP contribution in [0.15, 0.2) is 65.9 Å². The molecule has 1 saturated heterocycles. The predicted octanol–water partition coefficient (Wildman–Crippen LogP) is 0.820. The molecule has 59 heavy (non-hydrogen) atoms. The molecule has 10 N–H and O–H groups in total. The highest BCUT2D eigenvalue weighted by atomic mass is 16.2. The number of rotatable bonds is 18. The maximum atomic E-state index is 14.4. The van der Waals surface area contributed by atoms with Crippen molar-refractivity contribution < 1.29 is 28.8 Å². The van der Waals surface area contributed by atoms with Gasteiger partial charge in [0.1, 0.15) is 30.2 Å². The number of carbonyl (C=O) groups is 6. The van der Waals surface area contributed by atoms with Crippen LogP contribution in [0.25, 0.3) is 10.9 Å². The number of hydrogen-bond donors (Lipinski definition) is 7. The van der Waals surface area contributed by atoms with Gasteiger partial charge in [-0.05, 0) is 74.6 Å². The largest absolute Gasteiger partial charge is 0.361 e. The first-order valence-corrected chi connectivity index (χ1v) is 20.5. The topological polar surface area (TPSA) is 254 Å².